The topological polar surface area (TPSA) is 15.3 Å². The molecule has 0 amide bonds. The zero-order chi connectivity index (χ0) is 15.2. The van der Waals surface area contributed by atoms with Crippen LogP contribution in [0.3, 0.4) is 0 Å². The lowest BCUT2D eigenvalue weighted by Crippen LogP contribution is -2.37. The maximum Gasteiger partial charge on any atom is 0.124 e. The summed E-state index contributed by atoms with van der Waals surface area (Å²) < 4.78 is 14.2. The Balaban J connectivity index is 2.08. The van der Waals surface area contributed by atoms with Gasteiger partial charge in [0.15, 0.2) is 0 Å². The summed E-state index contributed by atoms with van der Waals surface area (Å²) in [6.07, 6.45) is 3.67. The second-order valence-electron chi connectivity index (χ2n) is 6.03. The smallest absolute Gasteiger partial charge is 0.124 e. The predicted octanol–water partition coefficient (Wildman–Crippen LogP) is 4.36. The van der Waals surface area contributed by atoms with Gasteiger partial charge in [-0.15, -0.1) is 0 Å². The molecule has 118 valence electrons. The van der Waals surface area contributed by atoms with E-state index < -0.39 is 0 Å². The molecule has 2 rings (SSSR count). The van der Waals surface area contributed by atoms with Crippen LogP contribution < -0.4 is 5.32 Å². The molecule has 1 aromatic rings. The Morgan fingerprint density at radius 3 is 2.71 bits per heavy atom. The Morgan fingerprint density at radius 1 is 1.38 bits per heavy atom. The van der Waals surface area contributed by atoms with Crippen molar-refractivity contribution in [2.75, 3.05) is 26.2 Å². The van der Waals surface area contributed by atoms with E-state index in [4.69, 9.17) is 0 Å². The van der Waals surface area contributed by atoms with Gasteiger partial charge in [0.1, 0.15) is 5.82 Å². The largest absolute Gasteiger partial charge is 0.317 e. The third-order valence-corrected chi connectivity index (χ3v) is 5.11. The molecule has 0 aromatic heterocycles. The average molecular weight is 357 g/mol. The van der Waals surface area contributed by atoms with Crippen LogP contribution in [0.5, 0.6) is 0 Å². The number of halogens is 2. The van der Waals surface area contributed by atoms with Crippen molar-refractivity contribution >= 4 is 15.9 Å². The molecule has 0 aliphatic carbocycles. The van der Waals surface area contributed by atoms with Crippen LogP contribution in [0.1, 0.15) is 44.7 Å². The van der Waals surface area contributed by atoms with Crippen molar-refractivity contribution in [1.82, 2.24) is 10.2 Å². The number of piperidine rings is 1. The normalized spacial score (nSPS) is 18.1. The molecule has 0 spiro atoms. The molecule has 21 heavy (non-hydrogen) atoms. The van der Waals surface area contributed by atoms with Crippen molar-refractivity contribution in [2.45, 2.75) is 39.2 Å². The molecule has 0 radical (unpaired) electrons. The van der Waals surface area contributed by atoms with E-state index in [0.717, 1.165) is 43.0 Å². The van der Waals surface area contributed by atoms with Crippen LogP contribution in [0.2, 0.25) is 0 Å². The van der Waals surface area contributed by atoms with Crippen molar-refractivity contribution in [3.05, 3.63) is 34.1 Å². The van der Waals surface area contributed by atoms with Gasteiger partial charge < -0.3 is 5.32 Å². The summed E-state index contributed by atoms with van der Waals surface area (Å²) in [7, 11) is 0. The van der Waals surface area contributed by atoms with E-state index in [2.05, 4.69) is 40.0 Å². The summed E-state index contributed by atoms with van der Waals surface area (Å²) in [4.78, 5) is 2.55. The molecule has 1 aliphatic heterocycles. The van der Waals surface area contributed by atoms with Crippen LogP contribution in [0.4, 0.5) is 4.39 Å². The molecule has 1 fully saturated rings. The number of rotatable bonds is 6. The Hall–Kier alpha value is -0.450. The molecule has 1 heterocycles. The van der Waals surface area contributed by atoms with Gasteiger partial charge >= 0.3 is 0 Å². The average Bonchev–Trinajstić information content (AvgIpc) is 2.47. The van der Waals surface area contributed by atoms with Gasteiger partial charge in [-0.2, -0.15) is 0 Å². The third-order valence-electron chi connectivity index (χ3n) is 4.42. The van der Waals surface area contributed by atoms with E-state index in [1.54, 1.807) is 12.1 Å². The molecule has 1 N–H and O–H groups in total. The lowest BCUT2D eigenvalue weighted by molar-refractivity contribution is 0.160. The van der Waals surface area contributed by atoms with E-state index in [-0.39, 0.29) is 5.82 Å². The number of hydrogen-bond acceptors (Lipinski definition) is 2. The minimum atomic E-state index is -0.182. The quantitative estimate of drug-likeness (QED) is 0.814. The first-order valence-electron chi connectivity index (χ1n) is 8.01. The molecule has 0 bridgehead atoms. The second-order valence-corrected chi connectivity index (χ2v) is 6.88. The van der Waals surface area contributed by atoms with Crippen molar-refractivity contribution in [3.8, 4) is 0 Å². The predicted molar refractivity (Wildman–Crippen MR) is 90.0 cm³/mol. The summed E-state index contributed by atoms with van der Waals surface area (Å²) in [5.41, 5.74) is 1.18. The maximum atomic E-state index is 13.3. The van der Waals surface area contributed by atoms with Crippen molar-refractivity contribution in [2.24, 2.45) is 5.92 Å². The summed E-state index contributed by atoms with van der Waals surface area (Å²) in [6, 6.07) is 5.36. The van der Waals surface area contributed by atoms with Crippen molar-refractivity contribution in [3.63, 3.8) is 0 Å². The van der Waals surface area contributed by atoms with Gasteiger partial charge in [-0.1, -0.05) is 28.9 Å². The summed E-state index contributed by atoms with van der Waals surface area (Å²) in [5, 5.41) is 3.43. The van der Waals surface area contributed by atoms with Gasteiger partial charge in [0.05, 0.1) is 0 Å². The SMILES string of the molecule is CCCN(CC1CCNCC1)C(C)c1ccc(F)cc1Br. The fourth-order valence-corrected chi connectivity index (χ4v) is 3.85. The zero-order valence-corrected chi connectivity index (χ0v) is 14.6. The highest BCUT2D eigenvalue weighted by atomic mass is 79.9. The molecule has 1 aromatic carbocycles. The summed E-state index contributed by atoms with van der Waals surface area (Å²) in [6.45, 7) is 8.96. The molecule has 2 nitrogen and oxygen atoms in total. The number of nitrogens with zero attached hydrogens (tertiary/aromatic N) is 1. The minimum absolute atomic E-state index is 0.182. The number of hydrogen-bond donors (Lipinski definition) is 1. The van der Waals surface area contributed by atoms with E-state index >= 15 is 0 Å². The lowest BCUT2D eigenvalue weighted by Gasteiger charge is -2.34. The first kappa shape index (κ1) is 16.9. The van der Waals surface area contributed by atoms with Crippen LogP contribution in [-0.2, 0) is 0 Å². The van der Waals surface area contributed by atoms with Crippen LogP contribution >= 0.6 is 15.9 Å². The molecule has 1 unspecified atom stereocenters. The molecule has 4 heteroatoms. The monoisotopic (exact) mass is 356 g/mol. The number of benzene rings is 1. The van der Waals surface area contributed by atoms with Crippen LogP contribution in [0.25, 0.3) is 0 Å². The van der Waals surface area contributed by atoms with Gasteiger partial charge in [-0.05, 0) is 69.4 Å². The Morgan fingerprint density at radius 2 is 2.10 bits per heavy atom. The lowest BCUT2D eigenvalue weighted by atomic mass is 9.96. The minimum Gasteiger partial charge on any atom is -0.317 e. The van der Waals surface area contributed by atoms with Crippen LogP contribution in [-0.4, -0.2) is 31.1 Å². The first-order chi connectivity index (χ1) is 10.1. The Bertz CT molecular complexity index is 446. The van der Waals surface area contributed by atoms with Gasteiger partial charge in [0.25, 0.3) is 0 Å². The molecular formula is C17H26BrFN2. The van der Waals surface area contributed by atoms with Gasteiger partial charge in [0, 0.05) is 17.1 Å². The molecule has 1 saturated heterocycles. The first-order valence-corrected chi connectivity index (χ1v) is 8.80. The highest BCUT2D eigenvalue weighted by Crippen LogP contribution is 2.30. The van der Waals surface area contributed by atoms with Crippen LogP contribution in [0, 0.1) is 11.7 Å². The van der Waals surface area contributed by atoms with E-state index in [9.17, 15) is 4.39 Å². The van der Waals surface area contributed by atoms with Gasteiger partial charge in [-0.3, -0.25) is 4.90 Å². The summed E-state index contributed by atoms with van der Waals surface area (Å²) >= 11 is 3.52. The second kappa shape index (κ2) is 8.25. The summed E-state index contributed by atoms with van der Waals surface area (Å²) in [5.74, 6) is 0.595. The maximum absolute atomic E-state index is 13.3. The third kappa shape index (κ3) is 4.76. The van der Waals surface area contributed by atoms with E-state index in [1.807, 2.05) is 6.07 Å². The fraction of sp³-hybridized carbons (Fsp3) is 0.647. The fourth-order valence-electron chi connectivity index (χ4n) is 3.16. The molecule has 1 aliphatic rings. The van der Waals surface area contributed by atoms with Gasteiger partial charge in [-0.25, -0.2) is 4.39 Å². The van der Waals surface area contributed by atoms with Crippen molar-refractivity contribution < 1.29 is 4.39 Å². The Kier molecular flexibility index (Phi) is 6.65. The van der Waals surface area contributed by atoms with Gasteiger partial charge in [0.2, 0.25) is 0 Å². The molecule has 0 saturated carbocycles. The highest BCUT2D eigenvalue weighted by Gasteiger charge is 2.22. The Labute approximate surface area is 136 Å². The van der Waals surface area contributed by atoms with Crippen LogP contribution in [0.15, 0.2) is 22.7 Å². The molecular weight excluding hydrogens is 331 g/mol. The van der Waals surface area contributed by atoms with E-state index in [0.29, 0.717) is 6.04 Å². The molecule has 1 atom stereocenters. The van der Waals surface area contributed by atoms with E-state index in [1.165, 1.54) is 18.4 Å². The zero-order valence-electron chi connectivity index (χ0n) is 13.0. The number of nitrogens with one attached hydrogen (secondary N) is 1. The standard InChI is InChI=1S/C17H26BrFN2/c1-3-10-21(12-14-6-8-20-9-7-14)13(2)16-5-4-15(19)11-17(16)18/h4-5,11,13-14,20H,3,6-10,12H2,1-2H3. The highest BCUT2D eigenvalue weighted by molar-refractivity contribution is 9.10. The van der Waals surface area contributed by atoms with Crippen molar-refractivity contribution in [1.29, 1.82) is 0 Å².